The maximum absolute atomic E-state index is 14.1. The molecule has 0 unspecified atom stereocenters. The minimum atomic E-state index is -0.840. The number of rotatable bonds is 4. The molecule has 0 N–H and O–H groups in total. The molecular formula is C22H15F2NO3S. The minimum Gasteiger partial charge on any atom is -0.454 e. The summed E-state index contributed by atoms with van der Waals surface area (Å²) in [6.07, 6.45) is 1.66. The van der Waals surface area contributed by atoms with Crippen molar-refractivity contribution in [2.24, 2.45) is 7.05 Å². The lowest BCUT2D eigenvalue weighted by Crippen LogP contribution is -2.15. The standard InChI is InChI=1S/C22H15F2NO3S/c1-12(26)13-3-5-19(28-20-6-4-14(23)10-18(20)24)16(9-13)17-11-25(2)22(27)15-7-8-29-21(15)17/h3-11H,1-2H3. The monoisotopic (exact) mass is 411 g/mol. The van der Waals surface area contributed by atoms with Gasteiger partial charge in [-0.2, -0.15) is 0 Å². The topological polar surface area (TPSA) is 48.3 Å². The fourth-order valence-electron chi connectivity index (χ4n) is 3.10. The molecule has 0 saturated heterocycles. The highest BCUT2D eigenvalue weighted by molar-refractivity contribution is 7.17. The molecule has 7 heteroatoms. The molecule has 0 aliphatic rings. The molecule has 4 aromatic rings. The number of nitrogens with zero attached hydrogens (tertiary/aromatic N) is 1. The Kier molecular flexibility index (Phi) is 4.76. The van der Waals surface area contributed by atoms with Crippen molar-refractivity contribution in [3.05, 3.63) is 81.6 Å². The van der Waals surface area contributed by atoms with Crippen LogP contribution in [0.1, 0.15) is 17.3 Å². The van der Waals surface area contributed by atoms with Crippen LogP contribution in [0.3, 0.4) is 0 Å². The molecule has 29 heavy (non-hydrogen) atoms. The molecule has 4 rings (SSSR count). The molecule has 4 nitrogen and oxygen atoms in total. The Hall–Kier alpha value is -3.32. The lowest BCUT2D eigenvalue weighted by atomic mass is 10.0. The van der Waals surface area contributed by atoms with Crippen LogP contribution in [0.4, 0.5) is 8.78 Å². The Labute approximate surface area is 168 Å². The zero-order chi connectivity index (χ0) is 20.7. The highest BCUT2D eigenvalue weighted by Gasteiger charge is 2.17. The molecule has 2 heterocycles. The normalized spacial score (nSPS) is 11.0. The van der Waals surface area contributed by atoms with Crippen molar-refractivity contribution >= 4 is 27.2 Å². The van der Waals surface area contributed by atoms with Gasteiger partial charge in [0.1, 0.15) is 11.6 Å². The van der Waals surface area contributed by atoms with Crippen LogP contribution in [0.25, 0.3) is 21.2 Å². The summed E-state index contributed by atoms with van der Waals surface area (Å²) in [5.74, 6) is -1.55. The first-order valence-corrected chi connectivity index (χ1v) is 9.58. The lowest BCUT2D eigenvalue weighted by Gasteiger charge is -2.15. The summed E-state index contributed by atoms with van der Waals surface area (Å²) >= 11 is 1.39. The minimum absolute atomic E-state index is 0.139. The van der Waals surface area contributed by atoms with E-state index in [4.69, 9.17) is 4.74 Å². The van der Waals surface area contributed by atoms with Gasteiger partial charge in [-0.1, -0.05) is 0 Å². The second-order valence-corrected chi connectivity index (χ2v) is 7.48. The SMILES string of the molecule is CC(=O)c1ccc(Oc2ccc(F)cc2F)c(-c2cn(C)c(=O)c3ccsc23)c1. The van der Waals surface area contributed by atoms with Crippen LogP contribution in [0.5, 0.6) is 11.5 Å². The zero-order valence-corrected chi connectivity index (χ0v) is 16.3. The number of aromatic nitrogens is 1. The van der Waals surface area contributed by atoms with E-state index in [-0.39, 0.29) is 22.8 Å². The first-order chi connectivity index (χ1) is 13.8. The number of Topliss-reactive ketones (excluding diaryl/α,β-unsaturated/α-hetero) is 1. The van der Waals surface area contributed by atoms with Gasteiger partial charge < -0.3 is 9.30 Å². The average molecular weight is 411 g/mol. The second-order valence-electron chi connectivity index (χ2n) is 6.57. The van der Waals surface area contributed by atoms with E-state index in [1.807, 2.05) is 5.38 Å². The van der Waals surface area contributed by atoms with Crippen LogP contribution in [0.15, 0.2) is 58.8 Å². The quantitative estimate of drug-likeness (QED) is 0.414. The zero-order valence-electron chi connectivity index (χ0n) is 15.5. The second kappa shape index (κ2) is 7.25. The molecule has 146 valence electrons. The number of fused-ring (bicyclic) bond motifs is 1. The van der Waals surface area contributed by atoms with Crippen LogP contribution in [-0.2, 0) is 7.05 Å². The van der Waals surface area contributed by atoms with Crippen molar-refractivity contribution in [2.75, 3.05) is 0 Å². The fraction of sp³-hybridized carbons (Fsp3) is 0.0909. The first kappa shape index (κ1) is 19.0. The number of benzene rings is 2. The van der Waals surface area contributed by atoms with E-state index < -0.39 is 11.6 Å². The summed E-state index contributed by atoms with van der Waals surface area (Å²) in [4.78, 5) is 24.3. The number of ketones is 1. The largest absolute Gasteiger partial charge is 0.454 e. The molecule has 0 saturated carbocycles. The maximum atomic E-state index is 14.1. The number of carbonyl (C=O) groups is 1. The van der Waals surface area contributed by atoms with E-state index in [1.165, 1.54) is 28.9 Å². The Morgan fingerprint density at radius 1 is 1.03 bits per heavy atom. The van der Waals surface area contributed by atoms with Gasteiger partial charge >= 0.3 is 0 Å². The van der Waals surface area contributed by atoms with Gasteiger partial charge in [0.05, 0.1) is 5.39 Å². The van der Waals surface area contributed by atoms with Crippen molar-refractivity contribution in [1.82, 2.24) is 4.57 Å². The third-order valence-electron chi connectivity index (χ3n) is 4.57. The number of hydrogen-bond donors (Lipinski definition) is 0. The summed E-state index contributed by atoms with van der Waals surface area (Å²) in [7, 11) is 1.64. The molecule has 0 fully saturated rings. The van der Waals surface area contributed by atoms with Gasteiger partial charge in [-0.3, -0.25) is 9.59 Å². The number of ether oxygens (including phenoxy) is 1. The van der Waals surface area contributed by atoms with Gasteiger partial charge in [0.15, 0.2) is 17.3 Å². The van der Waals surface area contributed by atoms with Gasteiger partial charge in [-0.15, -0.1) is 11.3 Å². The van der Waals surface area contributed by atoms with Crippen molar-refractivity contribution in [1.29, 1.82) is 0 Å². The predicted octanol–water partition coefficient (Wildman–Crippen LogP) is 5.54. The van der Waals surface area contributed by atoms with Crippen LogP contribution < -0.4 is 10.3 Å². The van der Waals surface area contributed by atoms with Gasteiger partial charge in [-0.05, 0) is 48.7 Å². The van der Waals surface area contributed by atoms with Crippen LogP contribution >= 0.6 is 11.3 Å². The fourth-order valence-corrected chi connectivity index (χ4v) is 4.02. The number of hydrogen-bond acceptors (Lipinski definition) is 4. The predicted molar refractivity (Wildman–Crippen MR) is 109 cm³/mol. The average Bonchev–Trinajstić information content (AvgIpc) is 3.17. The van der Waals surface area contributed by atoms with E-state index >= 15 is 0 Å². The van der Waals surface area contributed by atoms with Gasteiger partial charge in [0, 0.05) is 40.7 Å². The van der Waals surface area contributed by atoms with Crippen molar-refractivity contribution < 1.29 is 18.3 Å². The third kappa shape index (κ3) is 3.45. The molecule has 0 amide bonds. The summed E-state index contributed by atoms with van der Waals surface area (Å²) < 4.78 is 35.3. The highest BCUT2D eigenvalue weighted by Crippen LogP contribution is 2.39. The van der Waals surface area contributed by atoms with Gasteiger partial charge in [-0.25, -0.2) is 8.78 Å². The Bertz CT molecular complexity index is 1320. The van der Waals surface area contributed by atoms with E-state index in [1.54, 1.807) is 37.5 Å². The van der Waals surface area contributed by atoms with E-state index in [9.17, 15) is 18.4 Å². The van der Waals surface area contributed by atoms with Crippen molar-refractivity contribution in [3.8, 4) is 22.6 Å². The molecular weight excluding hydrogens is 396 g/mol. The molecule has 0 radical (unpaired) electrons. The smallest absolute Gasteiger partial charge is 0.259 e. The molecule has 0 aliphatic heterocycles. The van der Waals surface area contributed by atoms with Crippen LogP contribution in [0, 0.1) is 11.6 Å². The molecule has 0 aliphatic carbocycles. The molecule has 0 bridgehead atoms. The Morgan fingerprint density at radius 3 is 2.52 bits per heavy atom. The molecule has 2 aromatic carbocycles. The number of carbonyl (C=O) groups excluding carboxylic acids is 1. The number of thiophene rings is 1. The van der Waals surface area contributed by atoms with E-state index in [0.717, 1.165) is 16.8 Å². The summed E-state index contributed by atoms with van der Waals surface area (Å²) in [6.45, 7) is 1.45. The molecule has 2 aromatic heterocycles. The number of halogens is 2. The number of pyridine rings is 1. The van der Waals surface area contributed by atoms with Crippen molar-refractivity contribution in [3.63, 3.8) is 0 Å². The molecule has 0 atom stereocenters. The van der Waals surface area contributed by atoms with Crippen LogP contribution in [0.2, 0.25) is 0 Å². The van der Waals surface area contributed by atoms with E-state index in [2.05, 4.69) is 0 Å². The number of aryl methyl sites for hydroxylation is 1. The highest BCUT2D eigenvalue weighted by atomic mass is 32.1. The van der Waals surface area contributed by atoms with Gasteiger partial charge in [0.2, 0.25) is 0 Å². The summed E-state index contributed by atoms with van der Waals surface area (Å²) in [5.41, 5.74) is 1.52. The third-order valence-corrected chi connectivity index (χ3v) is 5.52. The molecule has 0 spiro atoms. The van der Waals surface area contributed by atoms with Crippen LogP contribution in [-0.4, -0.2) is 10.4 Å². The van der Waals surface area contributed by atoms with Gasteiger partial charge in [0.25, 0.3) is 5.56 Å². The van der Waals surface area contributed by atoms with Crippen molar-refractivity contribution in [2.45, 2.75) is 6.92 Å². The Morgan fingerprint density at radius 2 is 1.79 bits per heavy atom. The van der Waals surface area contributed by atoms with E-state index in [0.29, 0.717) is 22.1 Å². The Balaban J connectivity index is 1.96. The summed E-state index contributed by atoms with van der Waals surface area (Å²) in [5, 5.41) is 2.35. The maximum Gasteiger partial charge on any atom is 0.259 e. The lowest BCUT2D eigenvalue weighted by molar-refractivity contribution is 0.101. The summed E-state index contributed by atoms with van der Waals surface area (Å²) in [6, 6.07) is 9.58. The first-order valence-electron chi connectivity index (χ1n) is 8.70.